The molecule has 0 bridgehead atoms. The molecule has 8 heteroatoms. The van der Waals surface area contributed by atoms with Crippen molar-refractivity contribution < 1.29 is 29.0 Å². The number of hydrogen-bond acceptors (Lipinski definition) is 6. The molecule has 0 unspecified atom stereocenters. The van der Waals surface area contributed by atoms with Crippen LogP contribution in [0.2, 0.25) is 0 Å². The zero-order valence-corrected chi connectivity index (χ0v) is 15.8. The molecule has 1 aliphatic rings. The van der Waals surface area contributed by atoms with E-state index in [4.69, 9.17) is 14.6 Å². The lowest BCUT2D eigenvalue weighted by Gasteiger charge is -2.16. The topological polar surface area (TPSA) is 93.1 Å². The van der Waals surface area contributed by atoms with Gasteiger partial charge in [-0.1, -0.05) is 24.3 Å². The number of carboxylic acid groups (broad SMARTS) is 1. The number of anilines is 1. The van der Waals surface area contributed by atoms with Gasteiger partial charge in [-0.2, -0.15) is 0 Å². The van der Waals surface area contributed by atoms with Crippen LogP contribution in [-0.2, 0) is 9.59 Å². The van der Waals surface area contributed by atoms with Crippen LogP contribution in [0.25, 0.3) is 6.08 Å². The smallest absolute Gasteiger partial charge is 0.341 e. The summed E-state index contributed by atoms with van der Waals surface area (Å²) in [5.74, 6) is -0.620. The maximum atomic E-state index is 12.8. The zero-order chi connectivity index (χ0) is 20.1. The molecule has 1 heterocycles. The van der Waals surface area contributed by atoms with Crippen molar-refractivity contribution >= 4 is 40.6 Å². The van der Waals surface area contributed by atoms with Gasteiger partial charge in [-0.25, -0.2) is 9.69 Å². The molecule has 1 aliphatic heterocycles. The van der Waals surface area contributed by atoms with E-state index in [9.17, 15) is 14.4 Å². The van der Waals surface area contributed by atoms with Crippen molar-refractivity contribution in [3.05, 3.63) is 59.0 Å². The molecule has 144 valence electrons. The van der Waals surface area contributed by atoms with E-state index in [0.717, 1.165) is 16.7 Å². The largest absolute Gasteiger partial charge is 0.492 e. The second-order valence-corrected chi connectivity index (χ2v) is 6.66. The minimum absolute atomic E-state index is 0.288. The number of amides is 2. The predicted octanol–water partition coefficient (Wildman–Crippen LogP) is 3.79. The summed E-state index contributed by atoms with van der Waals surface area (Å²) in [5.41, 5.74) is 1.10. The van der Waals surface area contributed by atoms with Crippen molar-refractivity contribution in [1.82, 2.24) is 0 Å². The molecule has 1 saturated heterocycles. The highest BCUT2D eigenvalue weighted by atomic mass is 32.2. The fraction of sp³-hybridized carbons (Fsp3) is 0.150. The molecule has 0 aliphatic carbocycles. The lowest BCUT2D eigenvalue weighted by molar-refractivity contribution is -0.139. The number of hydrogen-bond donors (Lipinski definition) is 1. The Morgan fingerprint density at radius 3 is 2.50 bits per heavy atom. The highest BCUT2D eigenvalue weighted by Gasteiger charge is 2.37. The predicted molar refractivity (Wildman–Crippen MR) is 106 cm³/mol. The fourth-order valence-corrected chi connectivity index (χ4v) is 3.39. The van der Waals surface area contributed by atoms with Crippen molar-refractivity contribution in [1.29, 1.82) is 0 Å². The van der Waals surface area contributed by atoms with E-state index in [-0.39, 0.29) is 4.91 Å². The van der Waals surface area contributed by atoms with E-state index in [2.05, 4.69) is 0 Å². The van der Waals surface area contributed by atoms with Crippen molar-refractivity contribution in [2.24, 2.45) is 0 Å². The first-order chi connectivity index (χ1) is 13.5. The summed E-state index contributed by atoms with van der Waals surface area (Å²) < 4.78 is 10.6. The summed E-state index contributed by atoms with van der Waals surface area (Å²) in [7, 11) is 0. The molecule has 2 amide bonds. The molecule has 1 fully saturated rings. The summed E-state index contributed by atoms with van der Waals surface area (Å²) in [5, 5.41) is 8.23. The van der Waals surface area contributed by atoms with Gasteiger partial charge in [0.15, 0.2) is 6.61 Å². The normalized spacial score (nSPS) is 15.2. The van der Waals surface area contributed by atoms with Gasteiger partial charge in [0.2, 0.25) is 0 Å². The summed E-state index contributed by atoms with van der Waals surface area (Å²) >= 11 is 0.851. The number of carbonyl (C=O) groups is 3. The van der Waals surface area contributed by atoms with Crippen LogP contribution in [-0.4, -0.2) is 35.4 Å². The Hall–Kier alpha value is -3.26. The number of para-hydroxylation sites is 2. The van der Waals surface area contributed by atoms with E-state index in [1.807, 2.05) is 6.92 Å². The maximum absolute atomic E-state index is 12.8. The first kappa shape index (κ1) is 19.5. The van der Waals surface area contributed by atoms with Crippen molar-refractivity contribution in [3.63, 3.8) is 0 Å². The van der Waals surface area contributed by atoms with Crippen LogP contribution in [0, 0.1) is 0 Å². The summed E-state index contributed by atoms with van der Waals surface area (Å²) in [4.78, 5) is 37.2. The number of ether oxygens (including phenoxy) is 2. The Labute approximate surface area is 165 Å². The number of benzene rings is 2. The number of aliphatic carboxylic acids is 1. The van der Waals surface area contributed by atoms with Gasteiger partial charge in [0.25, 0.3) is 11.1 Å². The standard InChI is InChI=1S/C20H17NO6S/c1-2-26-16-6-4-3-5-15(16)21-19(24)17(28-20(21)25)11-13-7-9-14(10-8-13)27-12-18(22)23/h3-11H,2,12H2,1H3,(H,22,23)/b17-11+. The fourth-order valence-electron chi connectivity index (χ4n) is 2.55. The third-order valence-electron chi connectivity index (χ3n) is 3.74. The number of nitrogens with zero attached hydrogens (tertiary/aromatic N) is 1. The molecule has 0 saturated carbocycles. The van der Waals surface area contributed by atoms with E-state index < -0.39 is 23.7 Å². The van der Waals surface area contributed by atoms with Crippen molar-refractivity contribution in [3.8, 4) is 11.5 Å². The van der Waals surface area contributed by atoms with Crippen LogP contribution < -0.4 is 14.4 Å². The molecule has 0 radical (unpaired) electrons. The summed E-state index contributed by atoms with van der Waals surface area (Å²) in [6.45, 7) is 1.81. The molecule has 7 nitrogen and oxygen atoms in total. The Bertz CT molecular complexity index is 938. The van der Waals surface area contributed by atoms with Gasteiger partial charge in [-0.15, -0.1) is 0 Å². The van der Waals surface area contributed by atoms with Gasteiger partial charge < -0.3 is 14.6 Å². The second-order valence-electron chi connectivity index (χ2n) is 5.67. The van der Waals surface area contributed by atoms with Crippen molar-refractivity contribution in [2.45, 2.75) is 6.92 Å². The lowest BCUT2D eigenvalue weighted by Crippen LogP contribution is -2.28. The van der Waals surface area contributed by atoms with Crippen molar-refractivity contribution in [2.75, 3.05) is 18.1 Å². The maximum Gasteiger partial charge on any atom is 0.341 e. The monoisotopic (exact) mass is 399 g/mol. The third kappa shape index (κ3) is 4.34. The van der Waals surface area contributed by atoms with Gasteiger partial charge in [-0.3, -0.25) is 9.59 Å². The van der Waals surface area contributed by atoms with Crippen LogP contribution >= 0.6 is 11.8 Å². The average Bonchev–Trinajstić information content (AvgIpc) is 2.95. The number of thioether (sulfide) groups is 1. The van der Waals surface area contributed by atoms with Crippen LogP contribution in [0.15, 0.2) is 53.4 Å². The SMILES string of the molecule is CCOc1ccccc1N1C(=O)S/C(=C/c2ccc(OCC(=O)O)cc2)C1=O. The average molecular weight is 399 g/mol. The van der Waals surface area contributed by atoms with E-state index in [0.29, 0.717) is 29.4 Å². The molecule has 0 spiro atoms. The first-order valence-electron chi connectivity index (χ1n) is 8.44. The molecule has 28 heavy (non-hydrogen) atoms. The molecule has 2 aromatic carbocycles. The molecule has 3 rings (SSSR count). The van der Waals surface area contributed by atoms with Gasteiger partial charge >= 0.3 is 5.97 Å². The molecule has 1 N–H and O–H groups in total. The highest BCUT2D eigenvalue weighted by molar-refractivity contribution is 8.19. The van der Waals surface area contributed by atoms with E-state index in [1.165, 1.54) is 0 Å². The quantitative estimate of drug-likeness (QED) is 0.708. The van der Waals surface area contributed by atoms with Crippen LogP contribution in [0.4, 0.5) is 10.5 Å². The number of imide groups is 1. The Balaban J connectivity index is 1.81. The van der Waals surface area contributed by atoms with Gasteiger partial charge in [0.05, 0.1) is 17.2 Å². The molecule has 2 aromatic rings. The van der Waals surface area contributed by atoms with E-state index >= 15 is 0 Å². The molecular formula is C20H17NO6S. The van der Waals surface area contributed by atoms with Gasteiger partial charge in [0.1, 0.15) is 11.5 Å². The first-order valence-corrected chi connectivity index (χ1v) is 9.25. The number of rotatable bonds is 7. The van der Waals surface area contributed by atoms with Crippen LogP contribution in [0.5, 0.6) is 11.5 Å². The summed E-state index contributed by atoms with van der Waals surface area (Å²) in [6.07, 6.45) is 1.61. The Morgan fingerprint density at radius 1 is 1.11 bits per heavy atom. The van der Waals surface area contributed by atoms with Gasteiger partial charge in [-0.05, 0) is 54.6 Å². The Kier molecular flexibility index (Phi) is 6.00. The zero-order valence-electron chi connectivity index (χ0n) is 15.0. The van der Waals surface area contributed by atoms with Gasteiger partial charge in [0, 0.05) is 0 Å². The lowest BCUT2D eigenvalue weighted by atomic mass is 10.2. The minimum atomic E-state index is -1.06. The summed E-state index contributed by atoms with van der Waals surface area (Å²) in [6, 6.07) is 13.4. The third-order valence-corrected chi connectivity index (χ3v) is 4.61. The second kappa shape index (κ2) is 8.62. The molecular weight excluding hydrogens is 382 g/mol. The number of carboxylic acids is 1. The molecule has 0 aromatic heterocycles. The highest BCUT2D eigenvalue weighted by Crippen LogP contribution is 2.39. The van der Waals surface area contributed by atoms with E-state index in [1.54, 1.807) is 54.6 Å². The Morgan fingerprint density at radius 2 is 1.82 bits per heavy atom. The van der Waals surface area contributed by atoms with Crippen LogP contribution in [0.1, 0.15) is 12.5 Å². The number of carbonyl (C=O) groups excluding carboxylic acids is 2. The molecule has 0 atom stereocenters. The minimum Gasteiger partial charge on any atom is -0.492 e. The van der Waals surface area contributed by atoms with Crippen LogP contribution in [0.3, 0.4) is 0 Å².